The van der Waals surface area contributed by atoms with E-state index in [-0.39, 0.29) is 12.6 Å². The molecule has 2 aromatic rings. The molecular formula is C12H15N3O4. The zero-order chi connectivity index (χ0) is 13.1. The zero-order valence-electron chi connectivity index (χ0n) is 10.4. The Hall–Kier alpha value is -1.70. The van der Waals surface area contributed by atoms with Crippen LogP contribution < -0.4 is 0 Å². The molecule has 2 aromatic heterocycles. The van der Waals surface area contributed by atoms with Gasteiger partial charge in [-0.05, 0) is 12.1 Å². The third kappa shape index (κ3) is 2.67. The second-order valence-electron chi connectivity index (χ2n) is 4.37. The Morgan fingerprint density at radius 3 is 3.21 bits per heavy atom. The maximum atomic E-state index is 9.29. The molecule has 0 aromatic carbocycles. The molecule has 1 saturated heterocycles. The van der Waals surface area contributed by atoms with Crippen molar-refractivity contribution in [2.45, 2.75) is 12.6 Å². The molecule has 1 aliphatic rings. The van der Waals surface area contributed by atoms with Gasteiger partial charge in [-0.1, -0.05) is 5.16 Å². The molecule has 3 heterocycles. The van der Waals surface area contributed by atoms with Crippen molar-refractivity contribution in [3.63, 3.8) is 0 Å². The molecule has 3 rings (SSSR count). The first-order valence-electron chi connectivity index (χ1n) is 6.16. The Morgan fingerprint density at radius 2 is 2.42 bits per heavy atom. The van der Waals surface area contributed by atoms with Gasteiger partial charge < -0.3 is 18.8 Å². The Balaban J connectivity index is 1.69. The highest BCUT2D eigenvalue weighted by Gasteiger charge is 2.24. The minimum atomic E-state index is -0.0206. The van der Waals surface area contributed by atoms with E-state index in [1.807, 2.05) is 0 Å². The van der Waals surface area contributed by atoms with Crippen LogP contribution in [0.15, 0.2) is 27.3 Å². The molecule has 1 fully saturated rings. The molecular weight excluding hydrogens is 250 g/mol. The van der Waals surface area contributed by atoms with E-state index >= 15 is 0 Å². The lowest BCUT2D eigenvalue weighted by molar-refractivity contribution is -0.0348. The number of morpholine rings is 1. The topological polar surface area (TPSA) is 84.8 Å². The number of aliphatic hydroxyl groups is 1. The van der Waals surface area contributed by atoms with Crippen LogP contribution in [0.1, 0.15) is 5.89 Å². The lowest BCUT2D eigenvalue weighted by Gasteiger charge is -2.33. The lowest BCUT2D eigenvalue weighted by Crippen LogP contribution is -2.46. The predicted octanol–water partition coefficient (Wildman–Crippen LogP) is 0.523. The van der Waals surface area contributed by atoms with E-state index in [1.54, 1.807) is 18.4 Å². The first-order valence-corrected chi connectivity index (χ1v) is 6.16. The number of nitrogens with zero attached hydrogens (tertiary/aromatic N) is 3. The van der Waals surface area contributed by atoms with Crippen molar-refractivity contribution >= 4 is 0 Å². The minimum absolute atomic E-state index is 0.0206. The number of hydrogen-bond acceptors (Lipinski definition) is 7. The summed E-state index contributed by atoms with van der Waals surface area (Å²) in [5.41, 5.74) is 0. The van der Waals surface area contributed by atoms with E-state index in [4.69, 9.17) is 13.7 Å². The molecule has 1 atom stereocenters. The third-order valence-electron chi connectivity index (χ3n) is 3.11. The monoisotopic (exact) mass is 265 g/mol. The van der Waals surface area contributed by atoms with Crippen LogP contribution in [0.3, 0.4) is 0 Å². The van der Waals surface area contributed by atoms with Crippen LogP contribution in [0, 0.1) is 0 Å². The molecule has 7 heteroatoms. The smallest absolute Gasteiger partial charge is 0.241 e. The quantitative estimate of drug-likeness (QED) is 0.862. The predicted molar refractivity (Wildman–Crippen MR) is 64.1 cm³/mol. The summed E-state index contributed by atoms with van der Waals surface area (Å²) in [6.45, 7) is 2.47. The average Bonchev–Trinajstić information content (AvgIpc) is 3.09. The van der Waals surface area contributed by atoms with Crippen LogP contribution in [-0.2, 0) is 11.3 Å². The van der Waals surface area contributed by atoms with Crippen molar-refractivity contribution in [3.05, 3.63) is 24.3 Å². The average molecular weight is 265 g/mol. The number of aromatic nitrogens is 2. The van der Waals surface area contributed by atoms with Gasteiger partial charge in [0.2, 0.25) is 11.7 Å². The SMILES string of the molecule is OCC1COCCN1Cc1nc(-c2ccco2)no1. The van der Waals surface area contributed by atoms with Gasteiger partial charge in [0.15, 0.2) is 5.76 Å². The van der Waals surface area contributed by atoms with Crippen molar-refractivity contribution in [1.82, 2.24) is 15.0 Å². The van der Waals surface area contributed by atoms with Gasteiger partial charge in [-0.25, -0.2) is 0 Å². The summed E-state index contributed by atoms with van der Waals surface area (Å²) in [6.07, 6.45) is 1.56. The Labute approximate surface area is 109 Å². The van der Waals surface area contributed by atoms with Crippen LogP contribution in [0.4, 0.5) is 0 Å². The van der Waals surface area contributed by atoms with E-state index in [2.05, 4.69) is 15.0 Å². The Kier molecular flexibility index (Phi) is 3.58. The van der Waals surface area contributed by atoms with Crippen LogP contribution in [0.2, 0.25) is 0 Å². The molecule has 1 aliphatic heterocycles. The van der Waals surface area contributed by atoms with E-state index in [1.165, 1.54) is 0 Å². The van der Waals surface area contributed by atoms with Crippen LogP contribution in [-0.4, -0.2) is 52.6 Å². The number of rotatable bonds is 4. The highest BCUT2D eigenvalue weighted by molar-refractivity contribution is 5.44. The molecule has 0 saturated carbocycles. The standard InChI is InChI=1S/C12H15N3O4/c16-7-9-8-17-5-3-15(9)6-11-13-12(14-19-11)10-2-1-4-18-10/h1-2,4,9,16H,3,5-8H2. The first kappa shape index (κ1) is 12.3. The summed E-state index contributed by atoms with van der Waals surface area (Å²) in [5.74, 6) is 1.52. The van der Waals surface area contributed by atoms with Crippen molar-refractivity contribution < 1.29 is 18.8 Å². The molecule has 0 spiro atoms. The molecule has 0 bridgehead atoms. The minimum Gasteiger partial charge on any atom is -0.461 e. The summed E-state index contributed by atoms with van der Waals surface area (Å²) in [7, 11) is 0. The molecule has 1 N–H and O–H groups in total. The Bertz CT molecular complexity index is 511. The fourth-order valence-corrected chi connectivity index (χ4v) is 2.06. The number of ether oxygens (including phenoxy) is 1. The van der Waals surface area contributed by atoms with Gasteiger partial charge in [0.05, 0.1) is 38.7 Å². The van der Waals surface area contributed by atoms with Crippen molar-refractivity contribution in [3.8, 4) is 11.6 Å². The lowest BCUT2D eigenvalue weighted by atomic mass is 10.2. The summed E-state index contributed by atoms with van der Waals surface area (Å²) in [5, 5.41) is 13.2. The van der Waals surface area contributed by atoms with Crippen LogP contribution in [0.5, 0.6) is 0 Å². The maximum Gasteiger partial charge on any atom is 0.241 e. The maximum absolute atomic E-state index is 9.29. The second kappa shape index (κ2) is 5.52. The van der Waals surface area contributed by atoms with E-state index < -0.39 is 0 Å². The fourth-order valence-electron chi connectivity index (χ4n) is 2.06. The van der Waals surface area contributed by atoms with E-state index in [0.717, 1.165) is 6.54 Å². The number of furan rings is 1. The summed E-state index contributed by atoms with van der Waals surface area (Å²) in [4.78, 5) is 6.35. The van der Waals surface area contributed by atoms with Crippen LogP contribution >= 0.6 is 0 Å². The van der Waals surface area contributed by atoms with Gasteiger partial charge in [0.25, 0.3) is 0 Å². The fraction of sp³-hybridized carbons (Fsp3) is 0.500. The van der Waals surface area contributed by atoms with Crippen molar-refractivity contribution in [2.75, 3.05) is 26.4 Å². The largest absolute Gasteiger partial charge is 0.461 e. The molecule has 0 amide bonds. The third-order valence-corrected chi connectivity index (χ3v) is 3.11. The van der Waals surface area contributed by atoms with Gasteiger partial charge in [-0.15, -0.1) is 0 Å². The van der Waals surface area contributed by atoms with E-state index in [9.17, 15) is 5.11 Å². The molecule has 7 nitrogen and oxygen atoms in total. The molecule has 102 valence electrons. The highest BCUT2D eigenvalue weighted by atomic mass is 16.5. The van der Waals surface area contributed by atoms with Gasteiger partial charge in [-0.2, -0.15) is 4.98 Å². The van der Waals surface area contributed by atoms with Crippen LogP contribution in [0.25, 0.3) is 11.6 Å². The number of aliphatic hydroxyl groups excluding tert-OH is 1. The zero-order valence-corrected chi connectivity index (χ0v) is 10.4. The number of hydrogen-bond donors (Lipinski definition) is 1. The summed E-state index contributed by atoms with van der Waals surface area (Å²) >= 11 is 0. The Morgan fingerprint density at radius 1 is 1.47 bits per heavy atom. The van der Waals surface area contributed by atoms with Crippen molar-refractivity contribution in [2.24, 2.45) is 0 Å². The molecule has 0 radical (unpaired) electrons. The molecule has 1 unspecified atom stereocenters. The van der Waals surface area contributed by atoms with Gasteiger partial charge in [-0.3, -0.25) is 4.90 Å². The summed E-state index contributed by atoms with van der Waals surface area (Å²) < 4.78 is 15.7. The van der Waals surface area contributed by atoms with Gasteiger partial charge in [0.1, 0.15) is 0 Å². The van der Waals surface area contributed by atoms with Crippen molar-refractivity contribution in [1.29, 1.82) is 0 Å². The highest BCUT2D eigenvalue weighted by Crippen LogP contribution is 2.17. The normalized spacial score (nSPS) is 20.8. The molecule has 19 heavy (non-hydrogen) atoms. The second-order valence-corrected chi connectivity index (χ2v) is 4.37. The first-order chi connectivity index (χ1) is 9.36. The van der Waals surface area contributed by atoms with Gasteiger partial charge in [0, 0.05) is 6.54 Å². The summed E-state index contributed by atoms with van der Waals surface area (Å²) in [6, 6.07) is 3.53. The molecule has 0 aliphatic carbocycles. The van der Waals surface area contributed by atoms with Gasteiger partial charge >= 0.3 is 0 Å². The van der Waals surface area contributed by atoms with E-state index in [0.29, 0.717) is 37.2 Å².